The predicted molar refractivity (Wildman–Crippen MR) is 111 cm³/mol. The summed E-state index contributed by atoms with van der Waals surface area (Å²) in [4.78, 5) is 12.6. The first kappa shape index (κ1) is 21.4. The van der Waals surface area contributed by atoms with Gasteiger partial charge in [0, 0.05) is 12.6 Å². The van der Waals surface area contributed by atoms with Crippen LogP contribution in [0, 0.1) is 11.6 Å². The number of hydrogen-bond acceptors (Lipinski definition) is 3. The number of hydrogen-bond donors (Lipinski definition) is 1. The zero-order valence-corrected chi connectivity index (χ0v) is 17.2. The molecule has 156 valence electrons. The molecule has 0 heterocycles. The number of halogens is 2. The van der Waals surface area contributed by atoms with E-state index in [4.69, 9.17) is 0 Å². The molecule has 0 fully saturated rings. The van der Waals surface area contributed by atoms with Crippen LogP contribution < -0.4 is 9.62 Å². The molecule has 0 radical (unpaired) electrons. The molecule has 0 aliphatic carbocycles. The molecule has 3 rings (SSSR count). The third-order valence-corrected chi connectivity index (χ3v) is 6.45. The van der Waals surface area contributed by atoms with E-state index < -0.39 is 33.6 Å². The molecule has 30 heavy (non-hydrogen) atoms. The van der Waals surface area contributed by atoms with E-state index in [1.165, 1.54) is 37.4 Å². The molecule has 3 aromatic rings. The lowest BCUT2D eigenvalue weighted by molar-refractivity contribution is 0.0939. The van der Waals surface area contributed by atoms with Gasteiger partial charge < -0.3 is 5.32 Å². The van der Waals surface area contributed by atoms with Crippen molar-refractivity contribution >= 4 is 21.6 Å². The van der Waals surface area contributed by atoms with Gasteiger partial charge in [-0.25, -0.2) is 17.2 Å². The SMILES string of the molecule is CC(NC(=O)c1cccc(S(=O)(=O)N(C)c2ccccc2)c1)c1ccc(F)c(F)c1. The molecular formula is C22H20F2N2O3S. The number of para-hydroxylation sites is 1. The van der Waals surface area contributed by atoms with E-state index in [-0.39, 0.29) is 10.5 Å². The van der Waals surface area contributed by atoms with Crippen molar-refractivity contribution in [2.75, 3.05) is 11.4 Å². The Labute approximate surface area is 174 Å². The Morgan fingerprint density at radius 1 is 0.933 bits per heavy atom. The van der Waals surface area contributed by atoms with E-state index in [2.05, 4.69) is 5.32 Å². The minimum absolute atomic E-state index is 0.0398. The third-order valence-electron chi connectivity index (χ3n) is 4.67. The summed E-state index contributed by atoms with van der Waals surface area (Å²) in [5, 5.41) is 2.66. The van der Waals surface area contributed by atoms with E-state index in [9.17, 15) is 22.0 Å². The summed E-state index contributed by atoms with van der Waals surface area (Å²) in [6, 6.07) is 17.0. The Kier molecular flexibility index (Phi) is 6.17. The van der Waals surface area contributed by atoms with Crippen LogP contribution in [0.2, 0.25) is 0 Å². The molecule has 1 amide bonds. The fourth-order valence-corrected chi connectivity index (χ4v) is 4.12. The van der Waals surface area contributed by atoms with Crippen molar-refractivity contribution in [3.8, 4) is 0 Å². The maximum absolute atomic E-state index is 13.4. The topological polar surface area (TPSA) is 66.5 Å². The lowest BCUT2D eigenvalue weighted by Gasteiger charge is -2.20. The van der Waals surface area contributed by atoms with Crippen LogP contribution in [0.5, 0.6) is 0 Å². The Morgan fingerprint density at radius 3 is 2.30 bits per heavy atom. The molecule has 0 bridgehead atoms. The van der Waals surface area contributed by atoms with Crippen LogP contribution in [-0.2, 0) is 10.0 Å². The van der Waals surface area contributed by atoms with Crippen LogP contribution in [0.15, 0.2) is 77.7 Å². The monoisotopic (exact) mass is 430 g/mol. The molecule has 0 spiro atoms. The number of nitrogens with zero attached hydrogens (tertiary/aromatic N) is 1. The van der Waals surface area contributed by atoms with Gasteiger partial charge in [-0.2, -0.15) is 0 Å². The third kappa shape index (κ3) is 4.49. The van der Waals surface area contributed by atoms with Gasteiger partial charge in [0.15, 0.2) is 11.6 Å². The summed E-state index contributed by atoms with van der Waals surface area (Å²) in [6.45, 7) is 1.62. The number of rotatable bonds is 6. The smallest absolute Gasteiger partial charge is 0.264 e. The number of benzene rings is 3. The van der Waals surface area contributed by atoms with Crippen LogP contribution in [-0.4, -0.2) is 21.4 Å². The minimum Gasteiger partial charge on any atom is -0.346 e. The molecular weight excluding hydrogens is 410 g/mol. The van der Waals surface area contributed by atoms with Crippen LogP contribution in [0.4, 0.5) is 14.5 Å². The number of anilines is 1. The van der Waals surface area contributed by atoms with Crippen LogP contribution in [0.25, 0.3) is 0 Å². The molecule has 0 saturated heterocycles. The van der Waals surface area contributed by atoms with Crippen molar-refractivity contribution in [1.82, 2.24) is 5.32 Å². The van der Waals surface area contributed by atoms with Crippen molar-refractivity contribution in [2.45, 2.75) is 17.9 Å². The lowest BCUT2D eigenvalue weighted by atomic mass is 10.1. The fraction of sp³-hybridized carbons (Fsp3) is 0.136. The summed E-state index contributed by atoms with van der Waals surface area (Å²) in [6.07, 6.45) is 0. The summed E-state index contributed by atoms with van der Waals surface area (Å²) >= 11 is 0. The molecule has 3 aromatic carbocycles. The van der Waals surface area contributed by atoms with Crippen LogP contribution in [0.3, 0.4) is 0 Å². The summed E-state index contributed by atoms with van der Waals surface area (Å²) in [5.41, 5.74) is 1.00. The molecule has 1 atom stereocenters. The first-order valence-electron chi connectivity index (χ1n) is 9.10. The summed E-state index contributed by atoms with van der Waals surface area (Å²) in [5.74, 6) is -2.52. The molecule has 1 N–H and O–H groups in total. The van der Waals surface area contributed by atoms with Gasteiger partial charge in [0.25, 0.3) is 15.9 Å². The molecule has 5 nitrogen and oxygen atoms in total. The maximum Gasteiger partial charge on any atom is 0.264 e. The van der Waals surface area contributed by atoms with Crippen molar-refractivity contribution in [3.05, 3.63) is 95.6 Å². The standard InChI is InChI=1S/C22H20F2N2O3S/c1-15(16-11-12-20(23)21(24)14-16)25-22(27)17-7-6-10-19(13-17)30(28,29)26(2)18-8-4-3-5-9-18/h3-15H,1-2H3,(H,25,27). The average molecular weight is 430 g/mol. The molecule has 8 heteroatoms. The number of carbonyl (C=O) groups excluding carboxylic acids is 1. The van der Waals surface area contributed by atoms with E-state index in [1.807, 2.05) is 0 Å². The Bertz CT molecular complexity index is 1170. The highest BCUT2D eigenvalue weighted by Crippen LogP contribution is 2.23. The molecule has 0 aliphatic rings. The average Bonchev–Trinajstić information content (AvgIpc) is 2.75. The Balaban J connectivity index is 1.82. The Morgan fingerprint density at radius 2 is 1.63 bits per heavy atom. The first-order chi connectivity index (χ1) is 14.2. The van der Waals surface area contributed by atoms with Crippen molar-refractivity contribution in [2.24, 2.45) is 0 Å². The predicted octanol–water partition coefficient (Wildman–Crippen LogP) is 4.28. The van der Waals surface area contributed by atoms with Crippen molar-refractivity contribution in [3.63, 3.8) is 0 Å². The highest BCUT2D eigenvalue weighted by Gasteiger charge is 2.23. The largest absolute Gasteiger partial charge is 0.346 e. The van der Waals surface area contributed by atoms with Crippen LogP contribution >= 0.6 is 0 Å². The van der Waals surface area contributed by atoms with Gasteiger partial charge in [0.2, 0.25) is 0 Å². The van der Waals surface area contributed by atoms with Crippen molar-refractivity contribution < 1.29 is 22.0 Å². The van der Waals surface area contributed by atoms with Gasteiger partial charge in [0.05, 0.1) is 16.6 Å². The van der Waals surface area contributed by atoms with E-state index in [0.717, 1.165) is 16.4 Å². The van der Waals surface area contributed by atoms with E-state index >= 15 is 0 Å². The Hall–Kier alpha value is -3.26. The second-order valence-electron chi connectivity index (χ2n) is 6.70. The fourth-order valence-electron chi connectivity index (χ4n) is 2.88. The first-order valence-corrected chi connectivity index (χ1v) is 10.5. The van der Waals surface area contributed by atoms with E-state index in [1.54, 1.807) is 37.3 Å². The highest BCUT2D eigenvalue weighted by atomic mass is 32.2. The highest BCUT2D eigenvalue weighted by molar-refractivity contribution is 7.92. The van der Waals surface area contributed by atoms with Gasteiger partial charge in [-0.15, -0.1) is 0 Å². The van der Waals surface area contributed by atoms with Gasteiger partial charge in [-0.3, -0.25) is 9.10 Å². The summed E-state index contributed by atoms with van der Waals surface area (Å²) in [7, 11) is -2.44. The summed E-state index contributed by atoms with van der Waals surface area (Å²) < 4.78 is 53.6. The second kappa shape index (κ2) is 8.62. The van der Waals surface area contributed by atoms with Gasteiger partial charge >= 0.3 is 0 Å². The maximum atomic E-state index is 13.4. The number of amides is 1. The molecule has 0 aliphatic heterocycles. The normalized spacial score (nSPS) is 12.3. The zero-order valence-electron chi connectivity index (χ0n) is 16.3. The number of carbonyl (C=O) groups is 1. The molecule has 0 aromatic heterocycles. The van der Waals surface area contributed by atoms with Gasteiger partial charge in [0.1, 0.15) is 0 Å². The minimum atomic E-state index is -3.88. The van der Waals surface area contributed by atoms with E-state index in [0.29, 0.717) is 11.3 Å². The number of nitrogens with one attached hydrogen (secondary N) is 1. The van der Waals surface area contributed by atoms with Gasteiger partial charge in [-0.05, 0) is 55.0 Å². The number of sulfonamides is 1. The second-order valence-corrected chi connectivity index (χ2v) is 8.67. The van der Waals surface area contributed by atoms with Gasteiger partial charge in [-0.1, -0.05) is 30.3 Å². The van der Waals surface area contributed by atoms with Crippen LogP contribution in [0.1, 0.15) is 28.9 Å². The van der Waals surface area contributed by atoms with Crippen molar-refractivity contribution in [1.29, 1.82) is 0 Å². The zero-order chi connectivity index (χ0) is 21.9. The molecule has 1 unspecified atom stereocenters. The quantitative estimate of drug-likeness (QED) is 0.635. The lowest BCUT2D eigenvalue weighted by Crippen LogP contribution is -2.28. The molecule has 0 saturated carbocycles.